The van der Waals surface area contributed by atoms with E-state index in [1.54, 1.807) is 5.51 Å². The molecule has 5 nitrogen and oxygen atoms in total. The second-order valence-electron chi connectivity index (χ2n) is 4.56. The summed E-state index contributed by atoms with van der Waals surface area (Å²) in [7, 11) is -3.20. The highest BCUT2D eigenvalue weighted by Crippen LogP contribution is 2.17. The van der Waals surface area contributed by atoms with Crippen LogP contribution in [-0.2, 0) is 16.4 Å². The van der Waals surface area contributed by atoms with Gasteiger partial charge in [0, 0.05) is 18.0 Å². The molecule has 0 amide bonds. The van der Waals surface area contributed by atoms with Gasteiger partial charge in [0.2, 0.25) is 10.0 Å². The minimum absolute atomic E-state index is 0.131. The van der Waals surface area contributed by atoms with Gasteiger partial charge in [-0.1, -0.05) is 0 Å². The Bertz CT molecular complexity index is 490. The average Bonchev–Trinajstić information content (AvgIpc) is 2.73. The van der Waals surface area contributed by atoms with E-state index in [4.69, 9.17) is 0 Å². The summed E-state index contributed by atoms with van der Waals surface area (Å²) in [6.07, 6.45) is 1.26. The van der Waals surface area contributed by atoms with Crippen molar-refractivity contribution in [3.63, 3.8) is 0 Å². The molecule has 0 unspecified atom stereocenters. The zero-order chi connectivity index (χ0) is 13.2. The Kier molecular flexibility index (Phi) is 4.37. The number of hydrogen-bond donors (Lipinski definition) is 1. The minimum Gasteiger partial charge on any atom is -0.393 e. The number of thiazole rings is 1. The normalized spacial score (nSPS) is 19.2. The van der Waals surface area contributed by atoms with Crippen LogP contribution >= 0.6 is 11.3 Å². The van der Waals surface area contributed by atoms with Gasteiger partial charge < -0.3 is 5.11 Å². The summed E-state index contributed by atoms with van der Waals surface area (Å²) in [5.41, 5.74) is 2.67. The highest BCUT2D eigenvalue weighted by Gasteiger charge is 2.27. The number of rotatable bonds is 4. The zero-order valence-electron chi connectivity index (χ0n) is 10.4. The van der Waals surface area contributed by atoms with Crippen LogP contribution in [0.4, 0.5) is 0 Å². The van der Waals surface area contributed by atoms with E-state index in [-0.39, 0.29) is 11.9 Å². The number of aromatic nitrogens is 1. The van der Waals surface area contributed by atoms with Crippen LogP contribution in [0.2, 0.25) is 0 Å². The molecule has 1 saturated heterocycles. The first-order valence-corrected chi connectivity index (χ1v) is 8.53. The molecule has 0 radical (unpaired) electrons. The van der Waals surface area contributed by atoms with Crippen molar-refractivity contribution in [2.45, 2.75) is 32.3 Å². The van der Waals surface area contributed by atoms with Crippen molar-refractivity contribution in [3.8, 4) is 0 Å². The van der Waals surface area contributed by atoms with E-state index in [0.29, 0.717) is 32.4 Å². The molecular weight excluding hydrogens is 272 g/mol. The molecule has 0 spiro atoms. The van der Waals surface area contributed by atoms with E-state index >= 15 is 0 Å². The van der Waals surface area contributed by atoms with Crippen LogP contribution in [0.5, 0.6) is 0 Å². The molecule has 0 bridgehead atoms. The summed E-state index contributed by atoms with van der Waals surface area (Å²) in [6, 6.07) is 0. The van der Waals surface area contributed by atoms with Crippen LogP contribution in [0, 0.1) is 6.92 Å². The lowest BCUT2D eigenvalue weighted by Gasteiger charge is -2.28. The molecule has 1 aliphatic rings. The number of aryl methyl sites for hydroxylation is 2. The van der Waals surface area contributed by atoms with Crippen molar-refractivity contribution in [1.29, 1.82) is 0 Å². The lowest BCUT2D eigenvalue weighted by atomic mass is 10.1. The topological polar surface area (TPSA) is 70.5 Å². The number of piperidine rings is 1. The Balaban J connectivity index is 1.93. The molecule has 2 rings (SSSR count). The molecular formula is C11H18N2O3S2. The van der Waals surface area contributed by atoms with E-state index in [1.807, 2.05) is 6.92 Å². The molecule has 1 fully saturated rings. The second-order valence-corrected chi connectivity index (χ2v) is 7.58. The fourth-order valence-electron chi connectivity index (χ4n) is 2.04. The molecule has 18 heavy (non-hydrogen) atoms. The maximum Gasteiger partial charge on any atom is 0.214 e. The Hall–Kier alpha value is -0.500. The van der Waals surface area contributed by atoms with Crippen molar-refractivity contribution in [3.05, 3.63) is 16.1 Å². The second kappa shape index (κ2) is 5.64. The lowest BCUT2D eigenvalue weighted by molar-refractivity contribution is 0.113. The maximum atomic E-state index is 12.1. The van der Waals surface area contributed by atoms with Gasteiger partial charge >= 0.3 is 0 Å². The summed E-state index contributed by atoms with van der Waals surface area (Å²) < 4.78 is 25.8. The summed E-state index contributed by atoms with van der Waals surface area (Å²) in [5, 5.41) is 9.38. The third-order valence-corrected chi connectivity index (χ3v) is 6.12. The predicted molar refractivity (Wildman–Crippen MR) is 71.2 cm³/mol. The molecule has 1 aromatic rings. The Labute approximate surface area is 112 Å². The first-order valence-electron chi connectivity index (χ1n) is 6.04. The first kappa shape index (κ1) is 13.9. The van der Waals surface area contributed by atoms with Gasteiger partial charge in [-0.3, -0.25) is 0 Å². The van der Waals surface area contributed by atoms with Crippen LogP contribution in [0.1, 0.15) is 23.4 Å². The zero-order valence-corrected chi connectivity index (χ0v) is 12.0. The van der Waals surface area contributed by atoms with Gasteiger partial charge in [-0.05, 0) is 26.2 Å². The van der Waals surface area contributed by atoms with Gasteiger partial charge in [-0.15, -0.1) is 11.3 Å². The Morgan fingerprint density at radius 3 is 2.72 bits per heavy atom. The van der Waals surface area contributed by atoms with Crippen LogP contribution < -0.4 is 0 Å². The smallest absolute Gasteiger partial charge is 0.214 e. The van der Waals surface area contributed by atoms with Crippen LogP contribution in [0.15, 0.2) is 5.51 Å². The quantitative estimate of drug-likeness (QED) is 0.889. The van der Waals surface area contributed by atoms with Crippen molar-refractivity contribution < 1.29 is 13.5 Å². The minimum atomic E-state index is -3.20. The number of aliphatic hydroxyl groups excluding tert-OH is 1. The monoisotopic (exact) mass is 290 g/mol. The summed E-state index contributed by atoms with van der Waals surface area (Å²) in [6.45, 7) is 2.77. The average molecular weight is 290 g/mol. The summed E-state index contributed by atoms with van der Waals surface area (Å²) >= 11 is 1.50. The summed E-state index contributed by atoms with van der Waals surface area (Å²) in [4.78, 5) is 5.15. The first-order chi connectivity index (χ1) is 8.49. The SMILES string of the molecule is Cc1ncsc1CCS(=O)(=O)N1CCC(O)CC1. The number of sulfonamides is 1. The fourth-order valence-corrected chi connectivity index (χ4v) is 4.44. The molecule has 1 aromatic heterocycles. The van der Waals surface area contributed by atoms with Crippen molar-refractivity contribution in [1.82, 2.24) is 9.29 Å². The highest BCUT2D eigenvalue weighted by atomic mass is 32.2. The number of hydrogen-bond acceptors (Lipinski definition) is 5. The Morgan fingerprint density at radius 2 is 2.17 bits per heavy atom. The van der Waals surface area contributed by atoms with E-state index in [9.17, 15) is 13.5 Å². The van der Waals surface area contributed by atoms with Crippen LogP contribution in [0.25, 0.3) is 0 Å². The molecule has 0 aromatic carbocycles. The standard InChI is InChI=1S/C11H18N2O3S2/c1-9-11(17-8-12-9)4-7-18(15,16)13-5-2-10(14)3-6-13/h8,10,14H,2-7H2,1H3. The highest BCUT2D eigenvalue weighted by molar-refractivity contribution is 7.89. The predicted octanol–water partition coefficient (Wildman–Crippen LogP) is 0.781. The van der Waals surface area contributed by atoms with Gasteiger partial charge in [0.1, 0.15) is 0 Å². The van der Waals surface area contributed by atoms with Gasteiger partial charge in [0.15, 0.2) is 0 Å². The number of aliphatic hydroxyl groups is 1. The van der Waals surface area contributed by atoms with E-state index in [0.717, 1.165) is 10.6 Å². The fraction of sp³-hybridized carbons (Fsp3) is 0.727. The van der Waals surface area contributed by atoms with E-state index in [2.05, 4.69) is 4.98 Å². The molecule has 1 N–H and O–H groups in total. The van der Waals surface area contributed by atoms with Crippen molar-refractivity contribution in [2.24, 2.45) is 0 Å². The summed E-state index contributed by atoms with van der Waals surface area (Å²) in [5.74, 6) is 0.131. The van der Waals surface area contributed by atoms with Gasteiger partial charge in [-0.2, -0.15) is 0 Å². The van der Waals surface area contributed by atoms with Crippen LogP contribution in [0.3, 0.4) is 0 Å². The number of nitrogens with zero attached hydrogens (tertiary/aromatic N) is 2. The van der Waals surface area contributed by atoms with Crippen molar-refractivity contribution in [2.75, 3.05) is 18.8 Å². The third-order valence-electron chi connectivity index (χ3n) is 3.25. The van der Waals surface area contributed by atoms with Crippen molar-refractivity contribution >= 4 is 21.4 Å². The molecule has 0 aliphatic carbocycles. The van der Waals surface area contributed by atoms with Gasteiger partial charge in [0.25, 0.3) is 0 Å². The third kappa shape index (κ3) is 3.28. The largest absolute Gasteiger partial charge is 0.393 e. The lowest BCUT2D eigenvalue weighted by Crippen LogP contribution is -2.41. The van der Waals surface area contributed by atoms with Crippen LogP contribution in [-0.4, -0.2) is 47.8 Å². The molecule has 7 heteroatoms. The maximum absolute atomic E-state index is 12.1. The molecule has 0 atom stereocenters. The van der Waals surface area contributed by atoms with Gasteiger partial charge in [0.05, 0.1) is 23.1 Å². The molecule has 2 heterocycles. The van der Waals surface area contributed by atoms with E-state index in [1.165, 1.54) is 15.6 Å². The van der Waals surface area contributed by atoms with E-state index < -0.39 is 10.0 Å². The Morgan fingerprint density at radius 1 is 1.50 bits per heavy atom. The molecule has 1 aliphatic heterocycles. The molecule has 102 valence electrons. The molecule has 0 saturated carbocycles. The van der Waals surface area contributed by atoms with Gasteiger partial charge in [-0.25, -0.2) is 17.7 Å².